The molecule has 0 bridgehead atoms. The van der Waals surface area contributed by atoms with Gasteiger partial charge in [-0.25, -0.2) is 0 Å². The second-order valence-corrected chi connectivity index (χ2v) is 8.32. The molecule has 0 fully saturated rings. The lowest BCUT2D eigenvalue weighted by Gasteiger charge is -2.28. The van der Waals surface area contributed by atoms with Crippen LogP contribution in [0.5, 0.6) is 0 Å². The van der Waals surface area contributed by atoms with Gasteiger partial charge in [0, 0.05) is 40.2 Å². The highest BCUT2D eigenvalue weighted by Crippen LogP contribution is 2.22. The maximum Gasteiger partial charge on any atom is 0.242 e. The Bertz CT molecular complexity index is 799. The molecule has 2 aromatic carbocycles. The van der Waals surface area contributed by atoms with Crippen molar-refractivity contribution in [2.45, 2.75) is 37.8 Å². The lowest BCUT2D eigenvalue weighted by molar-refractivity contribution is -0.140. The van der Waals surface area contributed by atoms with Crippen molar-refractivity contribution in [3.05, 3.63) is 64.1 Å². The first-order valence-corrected chi connectivity index (χ1v) is 10.8. The van der Waals surface area contributed by atoms with Crippen LogP contribution in [0.15, 0.2) is 53.4 Å². The average Bonchev–Trinajstić information content (AvgIpc) is 2.67. The largest absolute Gasteiger partial charge is 0.355 e. The number of rotatable bonds is 9. The Morgan fingerprint density at radius 3 is 2.46 bits per heavy atom. The zero-order chi connectivity index (χ0) is 20.5. The fourth-order valence-corrected chi connectivity index (χ4v) is 3.85. The maximum atomic E-state index is 12.9. The maximum absolute atomic E-state index is 12.9. The van der Waals surface area contributed by atoms with E-state index >= 15 is 0 Å². The first-order valence-electron chi connectivity index (χ1n) is 9.10. The predicted octanol–water partition coefficient (Wildman–Crippen LogP) is 5.03. The van der Waals surface area contributed by atoms with Gasteiger partial charge in [-0.2, -0.15) is 0 Å². The van der Waals surface area contributed by atoms with Crippen molar-refractivity contribution in [3.8, 4) is 0 Å². The standard InChI is InChI=1S/C21H24Cl2N2O2S/c1-3-24-21(27)15(2)25(14-16-5-4-6-18(23)13-16)20(26)11-12-28-19-9-7-17(22)8-10-19/h4-10,13,15H,3,11-12,14H2,1-2H3,(H,24,27)/t15-/m0/s1. The number of thioether (sulfide) groups is 1. The van der Waals surface area contributed by atoms with E-state index in [0.29, 0.717) is 35.3 Å². The van der Waals surface area contributed by atoms with Crippen LogP contribution in [-0.2, 0) is 16.1 Å². The minimum Gasteiger partial charge on any atom is -0.355 e. The van der Waals surface area contributed by atoms with Crippen LogP contribution < -0.4 is 5.32 Å². The van der Waals surface area contributed by atoms with E-state index in [1.54, 1.807) is 29.7 Å². The highest BCUT2D eigenvalue weighted by molar-refractivity contribution is 7.99. The van der Waals surface area contributed by atoms with Gasteiger partial charge in [-0.15, -0.1) is 11.8 Å². The molecule has 7 heteroatoms. The summed E-state index contributed by atoms with van der Waals surface area (Å²) >= 11 is 13.6. The van der Waals surface area contributed by atoms with Gasteiger partial charge in [0.2, 0.25) is 11.8 Å². The van der Waals surface area contributed by atoms with Crippen LogP contribution in [-0.4, -0.2) is 35.1 Å². The zero-order valence-electron chi connectivity index (χ0n) is 16.0. The van der Waals surface area contributed by atoms with E-state index in [0.717, 1.165) is 10.5 Å². The van der Waals surface area contributed by atoms with Crippen molar-refractivity contribution in [3.63, 3.8) is 0 Å². The summed E-state index contributed by atoms with van der Waals surface area (Å²) in [7, 11) is 0. The SMILES string of the molecule is CCNC(=O)[C@H](C)N(Cc1cccc(Cl)c1)C(=O)CCSc1ccc(Cl)cc1. The van der Waals surface area contributed by atoms with Gasteiger partial charge in [-0.1, -0.05) is 35.3 Å². The Morgan fingerprint density at radius 1 is 1.11 bits per heavy atom. The lowest BCUT2D eigenvalue weighted by Crippen LogP contribution is -2.47. The van der Waals surface area contributed by atoms with Crippen LogP contribution in [0.1, 0.15) is 25.8 Å². The fraction of sp³-hybridized carbons (Fsp3) is 0.333. The minimum absolute atomic E-state index is 0.0693. The summed E-state index contributed by atoms with van der Waals surface area (Å²) in [6.07, 6.45) is 0.331. The number of hydrogen-bond donors (Lipinski definition) is 1. The summed E-state index contributed by atoms with van der Waals surface area (Å²) in [5.74, 6) is 0.387. The summed E-state index contributed by atoms with van der Waals surface area (Å²) in [4.78, 5) is 27.9. The second kappa shape index (κ2) is 11.3. The third kappa shape index (κ3) is 7.04. The van der Waals surface area contributed by atoms with E-state index in [1.807, 2.05) is 49.4 Å². The van der Waals surface area contributed by atoms with E-state index in [1.165, 1.54) is 0 Å². The lowest BCUT2D eigenvalue weighted by atomic mass is 10.1. The summed E-state index contributed by atoms with van der Waals surface area (Å²) in [6.45, 7) is 4.47. The van der Waals surface area contributed by atoms with Crippen molar-refractivity contribution < 1.29 is 9.59 Å². The van der Waals surface area contributed by atoms with Crippen molar-refractivity contribution >= 4 is 46.8 Å². The van der Waals surface area contributed by atoms with Crippen LogP contribution in [0, 0.1) is 0 Å². The molecule has 1 N–H and O–H groups in total. The molecule has 1 atom stereocenters. The molecule has 4 nitrogen and oxygen atoms in total. The molecular weight excluding hydrogens is 415 g/mol. The molecular formula is C21H24Cl2N2O2S. The highest BCUT2D eigenvalue weighted by atomic mass is 35.5. The number of carbonyl (C=O) groups is 2. The molecule has 0 aliphatic carbocycles. The molecule has 0 saturated heterocycles. The van der Waals surface area contributed by atoms with Gasteiger partial charge in [-0.3, -0.25) is 9.59 Å². The number of likely N-dealkylation sites (N-methyl/N-ethyl adjacent to an activating group) is 1. The minimum atomic E-state index is -0.563. The van der Waals surface area contributed by atoms with E-state index in [2.05, 4.69) is 5.32 Å². The van der Waals surface area contributed by atoms with E-state index < -0.39 is 6.04 Å². The molecule has 0 spiro atoms. The fourth-order valence-electron chi connectivity index (χ4n) is 2.67. The molecule has 0 aliphatic heterocycles. The molecule has 0 saturated carbocycles. The molecule has 150 valence electrons. The number of halogens is 2. The molecule has 0 aromatic heterocycles. The molecule has 2 amide bonds. The molecule has 28 heavy (non-hydrogen) atoms. The summed E-state index contributed by atoms with van der Waals surface area (Å²) in [5, 5.41) is 4.08. The Labute approximate surface area is 180 Å². The Kier molecular flexibility index (Phi) is 9.16. The van der Waals surface area contributed by atoms with Crippen LogP contribution in [0.3, 0.4) is 0 Å². The third-order valence-corrected chi connectivity index (χ3v) is 5.66. The van der Waals surface area contributed by atoms with E-state index in [-0.39, 0.29) is 11.8 Å². The van der Waals surface area contributed by atoms with Crippen LogP contribution in [0.4, 0.5) is 0 Å². The number of amides is 2. The summed E-state index contributed by atoms with van der Waals surface area (Å²) in [6, 6.07) is 14.3. The quantitative estimate of drug-likeness (QED) is 0.558. The summed E-state index contributed by atoms with van der Waals surface area (Å²) in [5.41, 5.74) is 0.891. The highest BCUT2D eigenvalue weighted by Gasteiger charge is 2.25. The molecule has 0 unspecified atom stereocenters. The first kappa shape index (κ1) is 22.6. The number of benzene rings is 2. The topological polar surface area (TPSA) is 49.4 Å². The van der Waals surface area contributed by atoms with Crippen LogP contribution >= 0.6 is 35.0 Å². The molecule has 0 heterocycles. The van der Waals surface area contributed by atoms with Crippen molar-refractivity contribution in [2.75, 3.05) is 12.3 Å². The Hall–Kier alpha value is -1.69. The predicted molar refractivity (Wildman–Crippen MR) is 117 cm³/mol. The number of nitrogens with zero attached hydrogens (tertiary/aromatic N) is 1. The van der Waals surface area contributed by atoms with E-state index in [4.69, 9.17) is 23.2 Å². The normalized spacial score (nSPS) is 11.7. The van der Waals surface area contributed by atoms with E-state index in [9.17, 15) is 9.59 Å². The van der Waals surface area contributed by atoms with Crippen LogP contribution in [0.25, 0.3) is 0 Å². The van der Waals surface area contributed by atoms with Crippen molar-refractivity contribution in [2.24, 2.45) is 0 Å². The molecule has 2 rings (SSSR count). The Morgan fingerprint density at radius 2 is 1.82 bits per heavy atom. The average molecular weight is 439 g/mol. The Balaban J connectivity index is 2.04. The first-order chi connectivity index (χ1) is 13.4. The smallest absolute Gasteiger partial charge is 0.242 e. The van der Waals surface area contributed by atoms with Crippen LogP contribution in [0.2, 0.25) is 10.0 Å². The van der Waals surface area contributed by atoms with Gasteiger partial charge in [0.05, 0.1) is 0 Å². The molecule has 0 radical (unpaired) electrons. The van der Waals surface area contributed by atoms with Gasteiger partial charge in [0.15, 0.2) is 0 Å². The number of carbonyl (C=O) groups excluding carboxylic acids is 2. The molecule has 2 aromatic rings. The van der Waals surface area contributed by atoms with Gasteiger partial charge in [0.25, 0.3) is 0 Å². The zero-order valence-corrected chi connectivity index (χ0v) is 18.3. The van der Waals surface area contributed by atoms with Gasteiger partial charge in [-0.05, 0) is 55.8 Å². The van der Waals surface area contributed by atoms with Gasteiger partial charge >= 0.3 is 0 Å². The number of hydrogen-bond acceptors (Lipinski definition) is 3. The summed E-state index contributed by atoms with van der Waals surface area (Å²) < 4.78 is 0. The van der Waals surface area contributed by atoms with Gasteiger partial charge < -0.3 is 10.2 Å². The van der Waals surface area contributed by atoms with Gasteiger partial charge in [0.1, 0.15) is 6.04 Å². The number of nitrogens with one attached hydrogen (secondary N) is 1. The monoisotopic (exact) mass is 438 g/mol. The molecule has 0 aliphatic rings. The van der Waals surface area contributed by atoms with Crippen molar-refractivity contribution in [1.29, 1.82) is 0 Å². The van der Waals surface area contributed by atoms with Crippen molar-refractivity contribution in [1.82, 2.24) is 10.2 Å². The third-order valence-electron chi connectivity index (χ3n) is 4.16. The second-order valence-electron chi connectivity index (χ2n) is 6.27.